The van der Waals surface area contributed by atoms with E-state index in [0.717, 1.165) is 24.5 Å². The van der Waals surface area contributed by atoms with Gasteiger partial charge < -0.3 is 10.3 Å². The van der Waals surface area contributed by atoms with E-state index in [1.54, 1.807) is 0 Å². The summed E-state index contributed by atoms with van der Waals surface area (Å²) in [5.74, 6) is 2.45. The van der Waals surface area contributed by atoms with Crippen LogP contribution in [0.2, 0.25) is 0 Å². The summed E-state index contributed by atoms with van der Waals surface area (Å²) >= 11 is 1.90. The van der Waals surface area contributed by atoms with Gasteiger partial charge in [0, 0.05) is 35.5 Å². The largest absolute Gasteiger partial charge is 0.334 e. The number of nitrogens with zero attached hydrogens (tertiary/aromatic N) is 2. The molecule has 0 aliphatic carbocycles. The van der Waals surface area contributed by atoms with E-state index in [4.69, 9.17) is 5.73 Å². The molecular formula is C15H19N3S. The molecule has 2 unspecified atom stereocenters. The van der Waals surface area contributed by atoms with Gasteiger partial charge in [-0.1, -0.05) is 25.1 Å². The molecule has 2 aromatic rings. The maximum absolute atomic E-state index is 6.49. The fourth-order valence-electron chi connectivity index (χ4n) is 2.71. The molecule has 0 bridgehead atoms. The quantitative estimate of drug-likeness (QED) is 0.930. The van der Waals surface area contributed by atoms with Gasteiger partial charge >= 0.3 is 0 Å². The molecule has 1 aromatic heterocycles. The van der Waals surface area contributed by atoms with Crippen LogP contribution in [0.3, 0.4) is 0 Å². The zero-order valence-corrected chi connectivity index (χ0v) is 11.9. The van der Waals surface area contributed by atoms with E-state index in [-0.39, 0.29) is 6.04 Å². The van der Waals surface area contributed by atoms with E-state index >= 15 is 0 Å². The van der Waals surface area contributed by atoms with Gasteiger partial charge in [0.25, 0.3) is 0 Å². The molecule has 1 aliphatic rings. The predicted molar refractivity (Wildman–Crippen MR) is 79.4 cm³/mol. The number of benzene rings is 1. The molecule has 0 fully saturated rings. The van der Waals surface area contributed by atoms with Crippen LogP contribution >= 0.6 is 11.8 Å². The standard InChI is InChI=1S/C15H19N3S/c1-2-8-18-9-7-17-15(18)14(16)12-10-19-13-6-4-3-5-11(12)13/h3-7,9,12,14H,2,8,10,16H2,1H3. The summed E-state index contributed by atoms with van der Waals surface area (Å²) in [5.41, 5.74) is 7.87. The van der Waals surface area contributed by atoms with Gasteiger partial charge in [-0.2, -0.15) is 0 Å². The molecular weight excluding hydrogens is 254 g/mol. The number of hydrogen-bond donors (Lipinski definition) is 1. The van der Waals surface area contributed by atoms with Gasteiger partial charge in [-0.25, -0.2) is 4.98 Å². The van der Waals surface area contributed by atoms with Crippen LogP contribution in [-0.2, 0) is 6.54 Å². The summed E-state index contributed by atoms with van der Waals surface area (Å²) in [6.07, 6.45) is 5.00. The normalized spacial score (nSPS) is 19.4. The molecule has 0 radical (unpaired) electrons. The highest BCUT2D eigenvalue weighted by molar-refractivity contribution is 7.99. The predicted octanol–water partition coefficient (Wildman–Crippen LogP) is 3.18. The number of imidazole rings is 1. The molecule has 1 aliphatic heterocycles. The zero-order chi connectivity index (χ0) is 13.2. The highest BCUT2D eigenvalue weighted by Gasteiger charge is 2.30. The molecule has 0 amide bonds. The van der Waals surface area contributed by atoms with Crippen molar-refractivity contribution >= 4 is 11.8 Å². The summed E-state index contributed by atoms with van der Waals surface area (Å²) in [4.78, 5) is 5.85. The van der Waals surface area contributed by atoms with Crippen molar-refractivity contribution in [2.24, 2.45) is 5.73 Å². The monoisotopic (exact) mass is 273 g/mol. The fourth-order valence-corrected chi connectivity index (χ4v) is 4.02. The van der Waals surface area contributed by atoms with E-state index < -0.39 is 0 Å². The second-order valence-electron chi connectivity index (χ2n) is 4.96. The average molecular weight is 273 g/mol. The maximum Gasteiger partial charge on any atom is 0.126 e. The number of rotatable bonds is 4. The molecule has 3 rings (SSSR count). The van der Waals surface area contributed by atoms with Gasteiger partial charge in [0.15, 0.2) is 0 Å². The van der Waals surface area contributed by atoms with Gasteiger partial charge in [0.2, 0.25) is 0 Å². The maximum atomic E-state index is 6.49. The first kappa shape index (κ1) is 12.8. The molecule has 0 spiro atoms. The second kappa shape index (κ2) is 5.39. The Morgan fingerprint density at radius 1 is 1.47 bits per heavy atom. The van der Waals surface area contributed by atoms with Crippen LogP contribution in [0.1, 0.15) is 36.7 Å². The molecule has 0 saturated heterocycles. The Balaban J connectivity index is 1.89. The Bertz CT molecular complexity index is 564. The zero-order valence-electron chi connectivity index (χ0n) is 11.1. The van der Waals surface area contributed by atoms with Crippen LogP contribution in [0.4, 0.5) is 0 Å². The number of fused-ring (bicyclic) bond motifs is 1. The molecule has 4 heteroatoms. The number of nitrogens with two attached hydrogens (primary N) is 1. The minimum atomic E-state index is -0.0160. The average Bonchev–Trinajstić information content (AvgIpc) is 3.04. The summed E-state index contributed by atoms with van der Waals surface area (Å²) in [6, 6.07) is 8.57. The molecule has 2 heterocycles. The minimum absolute atomic E-state index is 0.0160. The van der Waals surface area contributed by atoms with Crippen molar-refractivity contribution in [2.75, 3.05) is 5.75 Å². The molecule has 1 aromatic carbocycles. The van der Waals surface area contributed by atoms with Crippen molar-refractivity contribution in [1.29, 1.82) is 0 Å². The summed E-state index contributed by atoms with van der Waals surface area (Å²) in [7, 11) is 0. The lowest BCUT2D eigenvalue weighted by Gasteiger charge is -2.20. The molecule has 19 heavy (non-hydrogen) atoms. The Labute approximate surface area is 118 Å². The summed E-state index contributed by atoms with van der Waals surface area (Å²) in [6.45, 7) is 3.17. The number of aryl methyl sites for hydroxylation is 1. The molecule has 2 atom stereocenters. The molecule has 0 saturated carbocycles. The van der Waals surface area contributed by atoms with Crippen molar-refractivity contribution in [3.8, 4) is 0 Å². The smallest absolute Gasteiger partial charge is 0.126 e. The first-order valence-corrected chi connectivity index (χ1v) is 7.78. The molecule has 100 valence electrons. The second-order valence-corrected chi connectivity index (χ2v) is 6.02. The Kier molecular flexibility index (Phi) is 3.62. The van der Waals surface area contributed by atoms with Crippen molar-refractivity contribution in [3.63, 3.8) is 0 Å². The third-order valence-corrected chi connectivity index (χ3v) is 4.89. The van der Waals surface area contributed by atoms with E-state index in [9.17, 15) is 0 Å². The van der Waals surface area contributed by atoms with Crippen LogP contribution in [-0.4, -0.2) is 15.3 Å². The van der Waals surface area contributed by atoms with Crippen LogP contribution in [0.5, 0.6) is 0 Å². The van der Waals surface area contributed by atoms with Crippen LogP contribution in [0.25, 0.3) is 0 Å². The Hall–Kier alpha value is -1.26. The van der Waals surface area contributed by atoms with Crippen LogP contribution in [0, 0.1) is 0 Å². The summed E-state index contributed by atoms with van der Waals surface area (Å²) < 4.78 is 2.19. The SMILES string of the molecule is CCCn1ccnc1C(N)C1CSc2ccccc21. The van der Waals surface area contributed by atoms with Crippen molar-refractivity contribution in [3.05, 3.63) is 48.0 Å². The molecule has 3 nitrogen and oxygen atoms in total. The topological polar surface area (TPSA) is 43.8 Å². The van der Waals surface area contributed by atoms with Crippen molar-refractivity contribution < 1.29 is 0 Å². The first-order valence-electron chi connectivity index (χ1n) is 6.79. The van der Waals surface area contributed by atoms with E-state index in [1.807, 2.05) is 24.2 Å². The number of aromatic nitrogens is 2. The highest BCUT2D eigenvalue weighted by Crippen LogP contribution is 2.44. The van der Waals surface area contributed by atoms with E-state index in [0.29, 0.717) is 5.92 Å². The first-order chi connectivity index (χ1) is 9.31. The third-order valence-electron chi connectivity index (χ3n) is 3.68. The number of thioether (sulfide) groups is 1. The van der Waals surface area contributed by atoms with Gasteiger partial charge in [0.05, 0.1) is 6.04 Å². The lowest BCUT2D eigenvalue weighted by molar-refractivity contribution is 0.525. The van der Waals surface area contributed by atoms with Gasteiger partial charge in [-0.05, 0) is 18.1 Å². The van der Waals surface area contributed by atoms with Crippen LogP contribution < -0.4 is 5.73 Å². The van der Waals surface area contributed by atoms with Crippen LogP contribution in [0.15, 0.2) is 41.6 Å². The highest BCUT2D eigenvalue weighted by atomic mass is 32.2. The molecule has 2 N–H and O–H groups in total. The van der Waals surface area contributed by atoms with Crippen molar-refractivity contribution in [1.82, 2.24) is 9.55 Å². The van der Waals surface area contributed by atoms with Gasteiger partial charge in [0.1, 0.15) is 5.82 Å². The van der Waals surface area contributed by atoms with Crippen molar-refractivity contribution in [2.45, 2.75) is 36.7 Å². The fraction of sp³-hybridized carbons (Fsp3) is 0.400. The Morgan fingerprint density at radius 2 is 2.32 bits per heavy atom. The third kappa shape index (κ3) is 2.30. The number of hydrogen-bond acceptors (Lipinski definition) is 3. The lowest BCUT2D eigenvalue weighted by atomic mass is 9.93. The lowest BCUT2D eigenvalue weighted by Crippen LogP contribution is -2.23. The summed E-state index contributed by atoms with van der Waals surface area (Å²) in [5, 5.41) is 0. The van der Waals surface area contributed by atoms with Gasteiger partial charge in [-0.15, -0.1) is 11.8 Å². The van der Waals surface area contributed by atoms with E-state index in [1.165, 1.54) is 10.5 Å². The minimum Gasteiger partial charge on any atom is -0.334 e. The van der Waals surface area contributed by atoms with Gasteiger partial charge in [-0.3, -0.25) is 0 Å². The van der Waals surface area contributed by atoms with E-state index in [2.05, 4.69) is 40.7 Å². The Morgan fingerprint density at radius 3 is 3.16 bits per heavy atom.